The number of carbonyl (C=O) groups is 1. The van der Waals surface area contributed by atoms with Crippen LogP contribution in [0.3, 0.4) is 0 Å². The minimum Gasteiger partial charge on any atom is -0.310 e. The predicted molar refractivity (Wildman–Crippen MR) is 115 cm³/mol. The summed E-state index contributed by atoms with van der Waals surface area (Å²) in [5.41, 5.74) is 1.05. The Hall–Kier alpha value is -1.96. The lowest BCUT2D eigenvalue weighted by molar-refractivity contribution is -0.120. The maximum Gasteiger partial charge on any atom is 0.243 e. The monoisotopic (exact) mass is 435 g/mol. The number of sulfonamides is 1. The van der Waals surface area contributed by atoms with Gasteiger partial charge >= 0.3 is 0 Å². The number of carbonyl (C=O) groups excluding carboxylic acids is 1. The average molecular weight is 436 g/mol. The van der Waals surface area contributed by atoms with E-state index in [4.69, 9.17) is 11.6 Å². The zero-order valence-electron chi connectivity index (χ0n) is 16.9. The van der Waals surface area contributed by atoms with Gasteiger partial charge in [-0.3, -0.25) is 4.79 Å². The van der Waals surface area contributed by atoms with Gasteiger partial charge < -0.3 is 5.32 Å². The largest absolute Gasteiger partial charge is 0.310 e. The van der Waals surface area contributed by atoms with Crippen LogP contribution in [-0.2, 0) is 20.2 Å². The molecule has 2 heterocycles. The van der Waals surface area contributed by atoms with E-state index in [1.54, 1.807) is 24.3 Å². The summed E-state index contributed by atoms with van der Waals surface area (Å²) in [6.07, 6.45) is 2.41. The minimum atomic E-state index is -3.56. The lowest BCUT2D eigenvalue weighted by Gasteiger charge is -2.30. The number of halogens is 1. The molecule has 29 heavy (non-hydrogen) atoms. The van der Waals surface area contributed by atoms with Crippen molar-refractivity contribution in [2.75, 3.05) is 18.4 Å². The number of hydrogen-bond acceptors (Lipinski definition) is 4. The van der Waals surface area contributed by atoms with Crippen molar-refractivity contribution in [3.8, 4) is 0 Å². The lowest BCUT2D eigenvalue weighted by atomic mass is 9.87. The van der Waals surface area contributed by atoms with Crippen LogP contribution >= 0.6 is 11.6 Å². The third kappa shape index (κ3) is 5.15. The molecule has 0 saturated carbocycles. The van der Waals surface area contributed by atoms with E-state index in [0.29, 0.717) is 41.7 Å². The van der Waals surface area contributed by atoms with E-state index in [1.165, 1.54) is 10.5 Å². The van der Waals surface area contributed by atoms with Gasteiger partial charge in [0.2, 0.25) is 15.9 Å². The molecule has 1 aliphatic heterocycles. The molecule has 1 aromatic carbocycles. The summed E-state index contributed by atoms with van der Waals surface area (Å²) in [7, 11) is -3.56. The number of hydrogen-bond donors (Lipinski definition) is 1. The molecule has 1 saturated heterocycles. The first-order valence-corrected chi connectivity index (χ1v) is 11.4. The van der Waals surface area contributed by atoms with E-state index < -0.39 is 10.0 Å². The summed E-state index contributed by atoms with van der Waals surface area (Å²) >= 11 is 5.80. The van der Waals surface area contributed by atoms with Gasteiger partial charge in [0.1, 0.15) is 5.82 Å². The van der Waals surface area contributed by atoms with Crippen molar-refractivity contribution in [2.45, 2.75) is 43.9 Å². The van der Waals surface area contributed by atoms with Gasteiger partial charge in [0.15, 0.2) is 0 Å². The van der Waals surface area contributed by atoms with E-state index in [-0.39, 0.29) is 17.2 Å². The molecule has 6 nitrogen and oxygen atoms in total. The standard InChI is InChI=1S/C21H26ClN3O3S/c1-21(2,3)16-4-7-18(8-5-16)29(27,28)25-12-10-15(11-13-25)20(26)24-19-9-6-17(22)14-23-19/h4-9,14-15H,10-13H2,1-3H3,(H,23,24,26). The minimum absolute atomic E-state index is 0.0348. The van der Waals surface area contributed by atoms with Crippen LogP contribution in [0.2, 0.25) is 5.02 Å². The zero-order valence-corrected chi connectivity index (χ0v) is 18.4. The van der Waals surface area contributed by atoms with Gasteiger partial charge in [-0.2, -0.15) is 4.31 Å². The number of aromatic nitrogens is 1. The Balaban J connectivity index is 1.61. The van der Waals surface area contributed by atoms with E-state index in [2.05, 4.69) is 31.1 Å². The number of benzene rings is 1. The topological polar surface area (TPSA) is 79.4 Å². The third-order valence-electron chi connectivity index (χ3n) is 5.16. The van der Waals surface area contributed by atoms with Crippen molar-refractivity contribution in [3.63, 3.8) is 0 Å². The lowest BCUT2D eigenvalue weighted by Crippen LogP contribution is -2.41. The SMILES string of the molecule is CC(C)(C)c1ccc(S(=O)(=O)N2CCC(C(=O)Nc3ccc(Cl)cn3)CC2)cc1. The molecule has 3 rings (SSSR count). The Kier molecular flexibility index (Phi) is 6.31. The Morgan fingerprint density at radius 1 is 1.10 bits per heavy atom. The second kappa shape index (κ2) is 8.42. The number of pyridine rings is 1. The summed E-state index contributed by atoms with van der Waals surface area (Å²) in [6.45, 7) is 6.90. The number of anilines is 1. The highest BCUT2D eigenvalue weighted by Gasteiger charge is 2.32. The quantitative estimate of drug-likeness (QED) is 0.784. The van der Waals surface area contributed by atoms with Gasteiger partial charge in [0, 0.05) is 25.2 Å². The second-order valence-corrected chi connectivity index (χ2v) is 10.7. The highest BCUT2D eigenvalue weighted by atomic mass is 35.5. The summed E-state index contributed by atoms with van der Waals surface area (Å²) in [4.78, 5) is 16.8. The second-order valence-electron chi connectivity index (χ2n) is 8.30. The molecule has 1 aliphatic rings. The fourth-order valence-electron chi connectivity index (χ4n) is 3.31. The first-order valence-electron chi connectivity index (χ1n) is 9.60. The molecule has 0 atom stereocenters. The first kappa shape index (κ1) is 21.7. The average Bonchev–Trinajstić information content (AvgIpc) is 2.69. The molecule has 0 spiro atoms. The fourth-order valence-corrected chi connectivity index (χ4v) is 4.89. The van der Waals surface area contributed by atoms with Crippen LogP contribution in [0.25, 0.3) is 0 Å². The number of amides is 1. The third-order valence-corrected chi connectivity index (χ3v) is 7.30. The van der Waals surface area contributed by atoms with Gasteiger partial charge in [0.25, 0.3) is 0 Å². The molecule has 0 radical (unpaired) electrons. The Bertz CT molecular complexity index is 960. The summed E-state index contributed by atoms with van der Waals surface area (Å²) in [5, 5.41) is 3.27. The summed E-state index contributed by atoms with van der Waals surface area (Å²) in [6, 6.07) is 10.4. The molecule has 1 N–H and O–H groups in total. The van der Waals surface area contributed by atoms with Crippen molar-refractivity contribution in [1.29, 1.82) is 0 Å². The number of nitrogens with zero attached hydrogens (tertiary/aromatic N) is 2. The number of nitrogens with one attached hydrogen (secondary N) is 1. The van der Waals surface area contributed by atoms with Crippen LogP contribution in [-0.4, -0.2) is 36.7 Å². The van der Waals surface area contributed by atoms with Gasteiger partial charge in [-0.1, -0.05) is 44.5 Å². The van der Waals surface area contributed by atoms with Gasteiger partial charge in [-0.05, 0) is 48.1 Å². The van der Waals surface area contributed by atoms with Crippen molar-refractivity contribution < 1.29 is 13.2 Å². The molecule has 0 unspecified atom stereocenters. The smallest absolute Gasteiger partial charge is 0.243 e. The Labute approximate surface area is 177 Å². The van der Waals surface area contributed by atoms with Crippen LogP contribution < -0.4 is 5.32 Å². The van der Waals surface area contributed by atoms with Crippen LogP contribution in [0.15, 0.2) is 47.5 Å². The molecule has 1 aromatic heterocycles. The molecular weight excluding hydrogens is 410 g/mol. The van der Waals surface area contributed by atoms with Crippen molar-refractivity contribution in [1.82, 2.24) is 9.29 Å². The van der Waals surface area contributed by atoms with Crippen LogP contribution in [0, 0.1) is 5.92 Å². The molecule has 2 aromatic rings. The molecule has 156 valence electrons. The van der Waals surface area contributed by atoms with E-state index >= 15 is 0 Å². The van der Waals surface area contributed by atoms with Crippen LogP contribution in [0.5, 0.6) is 0 Å². The molecule has 8 heteroatoms. The van der Waals surface area contributed by atoms with Crippen LogP contribution in [0.1, 0.15) is 39.2 Å². The van der Waals surface area contributed by atoms with E-state index in [1.807, 2.05) is 12.1 Å². The van der Waals surface area contributed by atoms with Crippen molar-refractivity contribution in [2.24, 2.45) is 5.92 Å². The molecule has 0 aliphatic carbocycles. The fraction of sp³-hybridized carbons (Fsp3) is 0.429. The summed E-state index contributed by atoms with van der Waals surface area (Å²) in [5.74, 6) is 0.0435. The Morgan fingerprint density at radius 3 is 2.24 bits per heavy atom. The molecular formula is C21H26ClN3O3S. The van der Waals surface area contributed by atoms with E-state index in [0.717, 1.165) is 5.56 Å². The molecule has 0 bridgehead atoms. The molecule has 1 amide bonds. The van der Waals surface area contributed by atoms with Gasteiger partial charge in [-0.15, -0.1) is 0 Å². The zero-order chi connectivity index (χ0) is 21.2. The highest BCUT2D eigenvalue weighted by molar-refractivity contribution is 7.89. The van der Waals surface area contributed by atoms with E-state index in [9.17, 15) is 13.2 Å². The number of rotatable bonds is 4. The number of piperidine rings is 1. The highest BCUT2D eigenvalue weighted by Crippen LogP contribution is 2.27. The van der Waals surface area contributed by atoms with Gasteiger partial charge in [0.05, 0.1) is 9.92 Å². The Morgan fingerprint density at radius 2 is 1.72 bits per heavy atom. The first-order chi connectivity index (χ1) is 13.6. The normalized spacial score (nSPS) is 16.6. The van der Waals surface area contributed by atoms with Crippen LogP contribution in [0.4, 0.5) is 5.82 Å². The van der Waals surface area contributed by atoms with Gasteiger partial charge in [-0.25, -0.2) is 13.4 Å². The molecule has 1 fully saturated rings. The predicted octanol–water partition coefficient (Wildman–Crippen LogP) is 4.07. The summed E-state index contributed by atoms with van der Waals surface area (Å²) < 4.78 is 27.4. The maximum atomic E-state index is 13.0. The van der Waals surface area contributed by atoms with Crippen molar-refractivity contribution in [3.05, 3.63) is 53.2 Å². The van der Waals surface area contributed by atoms with Crippen molar-refractivity contribution >= 4 is 33.3 Å². The maximum absolute atomic E-state index is 13.0.